The molecule has 4 heteroatoms. The van der Waals surface area contributed by atoms with Gasteiger partial charge in [0.2, 0.25) is 0 Å². The first-order valence-electron chi connectivity index (χ1n) is 4.37. The summed E-state index contributed by atoms with van der Waals surface area (Å²) in [6, 6.07) is 4.58. The first-order valence-corrected chi connectivity index (χ1v) is 4.75. The van der Waals surface area contributed by atoms with Gasteiger partial charge in [-0.2, -0.15) is 0 Å². The first-order chi connectivity index (χ1) is 6.22. The predicted molar refractivity (Wildman–Crippen MR) is 58.6 cm³/mol. The zero-order valence-corrected chi connectivity index (χ0v) is 9.11. The minimum absolute atomic E-state index is 0. The van der Waals surface area contributed by atoms with Gasteiger partial charge in [-0.1, -0.05) is 17.7 Å². The van der Waals surface area contributed by atoms with E-state index in [9.17, 15) is 4.39 Å². The summed E-state index contributed by atoms with van der Waals surface area (Å²) in [5.74, 6) is 0.722. The van der Waals surface area contributed by atoms with Crippen molar-refractivity contribution >= 4 is 24.0 Å². The van der Waals surface area contributed by atoms with Gasteiger partial charge in [0.15, 0.2) is 0 Å². The maximum Gasteiger partial charge on any atom is 0.124 e. The normalized spacial score (nSPS) is 24.2. The summed E-state index contributed by atoms with van der Waals surface area (Å²) in [5.41, 5.74) is 6.56. The molecule has 0 bridgehead atoms. The van der Waals surface area contributed by atoms with Gasteiger partial charge in [-0.25, -0.2) is 4.39 Å². The number of rotatable bonds is 2. The Morgan fingerprint density at radius 2 is 2.21 bits per heavy atom. The third-order valence-electron chi connectivity index (χ3n) is 2.59. The smallest absolute Gasteiger partial charge is 0.124 e. The molecule has 1 aliphatic carbocycles. The van der Waals surface area contributed by atoms with E-state index in [0.717, 1.165) is 12.0 Å². The van der Waals surface area contributed by atoms with Gasteiger partial charge in [0.05, 0.1) is 0 Å². The van der Waals surface area contributed by atoms with Crippen molar-refractivity contribution in [3.05, 3.63) is 34.6 Å². The molecule has 2 rings (SSSR count). The summed E-state index contributed by atoms with van der Waals surface area (Å²) in [4.78, 5) is 0. The van der Waals surface area contributed by atoms with Crippen molar-refractivity contribution in [1.29, 1.82) is 0 Å². The highest BCUT2D eigenvalue weighted by molar-refractivity contribution is 6.31. The molecule has 2 N–H and O–H groups in total. The van der Waals surface area contributed by atoms with Gasteiger partial charge in [-0.3, -0.25) is 0 Å². The third-order valence-corrected chi connectivity index (χ3v) is 2.91. The van der Waals surface area contributed by atoms with Crippen molar-refractivity contribution < 1.29 is 4.39 Å². The van der Waals surface area contributed by atoms with Gasteiger partial charge in [0.25, 0.3) is 0 Å². The van der Waals surface area contributed by atoms with Gasteiger partial charge >= 0.3 is 0 Å². The van der Waals surface area contributed by atoms with E-state index in [1.165, 1.54) is 12.1 Å². The average Bonchev–Trinajstić information content (AvgIpc) is 2.83. The van der Waals surface area contributed by atoms with Gasteiger partial charge < -0.3 is 5.73 Å². The lowest BCUT2D eigenvalue weighted by Gasteiger charge is -2.02. The minimum atomic E-state index is -0.279. The van der Waals surface area contributed by atoms with Gasteiger partial charge in [0, 0.05) is 5.02 Å². The number of benzene rings is 1. The second-order valence-corrected chi connectivity index (χ2v) is 3.91. The lowest BCUT2D eigenvalue weighted by Crippen LogP contribution is -2.02. The molecule has 0 aliphatic heterocycles. The highest BCUT2D eigenvalue weighted by atomic mass is 35.5. The molecule has 1 aromatic carbocycles. The van der Waals surface area contributed by atoms with Crippen molar-refractivity contribution in [2.24, 2.45) is 11.7 Å². The van der Waals surface area contributed by atoms with E-state index in [2.05, 4.69) is 0 Å². The Bertz CT molecular complexity index is 330. The standard InChI is InChI=1S/C10H11ClFN.ClH/c11-10-4-7(12)1-2-8(10)9-3-6(9)5-13;/h1-2,4,6,9H,3,5,13H2;1H/t6-,9+;/m1./s1. The highest BCUT2D eigenvalue weighted by Crippen LogP contribution is 2.48. The van der Waals surface area contributed by atoms with Crippen LogP contribution in [-0.2, 0) is 0 Å². The molecule has 1 aliphatic rings. The lowest BCUT2D eigenvalue weighted by molar-refractivity contribution is 0.627. The van der Waals surface area contributed by atoms with Crippen LogP contribution in [0.2, 0.25) is 5.02 Å². The van der Waals surface area contributed by atoms with E-state index in [4.69, 9.17) is 17.3 Å². The van der Waals surface area contributed by atoms with Crippen LogP contribution in [0.4, 0.5) is 4.39 Å². The molecule has 0 heterocycles. The summed E-state index contributed by atoms with van der Waals surface area (Å²) >= 11 is 5.91. The van der Waals surface area contributed by atoms with Gasteiger partial charge in [0.1, 0.15) is 5.82 Å². The molecular weight excluding hydrogens is 224 g/mol. The minimum Gasteiger partial charge on any atom is -0.330 e. The highest BCUT2D eigenvalue weighted by Gasteiger charge is 2.38. The topological polar surface area (TPSA) is 26.0 Å². The van der Waals surface area contributed by atoms with Crippen LogP contribution in [0.15, 0.2) is 18.2 Å². The number of halogens is 3. The number of hydrogen-bond acceptors (Lipinski definition) is 1. The Morgan fingerprint density at radius 3 is 2.71 bits per heavy atom. The van der Waals surface area contributed by atoms with Gasteiger partial charge in [-0.05, 0) is 42.5 Å². The molecule has 0 aromatic heterocycles. The summed E-state index contributed by atoms with van der Waals surface area (Å²) in [6.07, 6.45) is 1.09. The van der Waals surface area contributed by atoms with E-state index in [-0.39, 0.29) is 18.2 Å². The zero-order valence-electron chi connectivity index (χ0n) is 7.54. The van der Waals surface area contributed by atoms with Crippen LogP contribution in [0, 0.1) is 11.7 Å². The molecule has 0 radical (unpaired) electrons. The molecule has 78 valence electrons. The molecule has 0 unspecified atom stereocenters. The molecule has 2 atom stereocenters. The summed E-state index contributed by atoms with van der Waals surface area (Å²) in [7, 11) is 0. The molecule has 0 saturated heterocycles. The van der Waals surface area contributed by atoms with Crippen molar-refractivity contribution in [1.82, 2.24) is 0 Å². The van der Waals surface area contributed by atoms with Crippen LogP contribution in [0.3, 0.4) is 0 Å². The Labute approximate surface area is 93.8 Å². The maximum atomic E-state index is 12.7. The molecule has 14 heavy (non-hydrogen) atoms. The van der Waals surface area contributed by atoms with Crippen molar-refractivity contribution in [2.45, 2.75) is 12.3 Å². The van der Waals surface area contributed by atoms with Crippen LogP contribution in [-0.4, -0.2) is 6.54 Å². The van der Waals surface area contributed by atoms with E-state index >= 15 is 0 Å². The second-order valence-electron chi connectivity index (χ2n) is 3.50. The van der Waals surface area contributed by atoms with Crippen molar-refractivity contribution in [3.8, 4) is 0 Å². The molecule has 0 spiro atoms. The van der Waals surface area contributed by atoms with Crippen LogP contribution in [0.5, 0.6) is 0 Å². The predicted octanol–water partition coefficient (Wildman–Crippen LogP) is 2.96. The number of hydrogen-bond donors (Lipinski definition) is 1. The largest absolute Gasteiger partial charge is 0.330 e. The fourth-order valence-electron chi connectivity index (χ4n) is 1.69. The van der Waals surface area contributed by atoms with Crippen LogP contribution >= 0.6 is 24.0 Å². The Balaban J connectivity index is 0.000000980. The van der Waals surface area contributed by atoms with Crippen LogP contribution in [0.1, 0.15) is 17.9 Å². The molecule has 1 aromatic rings. The van der Waals surface area contributed by atoms with E-state index in [1.807, 2.05) is 0 Å². The van der Waals surface area contributed by atoms with Crippen LogP contribution < -0.4 is 5.73 Å². The Kier molecular flexibility index (Phi) is 3.76. The second kappa shape index (κ2) is 4.47. The Hall–Kier alpha value is -0.310. The Morgan fingerprint density at radius 1 is 1.50 bits per heavy atom. The summed E-state index contributed by atoms with van der Waals surface area (Å²) in [6.45, 7) is 0.693. The van der Waals surface area contributed by atoms with Crippen LogP contribution in [0.25, 0.3) is 0 Å². The SMILES string of the molecule is Cl.NC[C@H]1C[C@@H]1c1ccc(F)cc1Cl. The van der Waals surface area contributed by atoms with Gasteiger partial charge in [-0.15, -0.1) is 12.4 Å². The first kappa shape index (κ1) is 11.8. The fourth-order valence-corrected chi connectivity index (χ4v) is 2.00. The van der Waals surface area contributed by atoms with E-state index in [1.54, 1.807) is 6.07 Å². The third kappa shape index (κ3) is 2.19. The zero-order chi connectivity index (χ0) is 9.42. The summed E-state index contributed by atoms with van der Waals surface area (Å²) in [5, 5.41) is 0.529. The molecular formula is C10H12Cl2FN. The summed E-state index contributed by atoms with van der Waals surface area (Å²) < 4.78 is 12.7. The lowest BCUT2D eigenvalue weighted by atomic mass is 10.1. The van der Waals surface area contributed by atoms with E-state index in [0.29, 0.717) is 23.4 Å². The monoisotopic (exact) mass is 235 g/mol. The molecule has 0 amide bonds. The number of nitrogens with two attached hydrogens (primary N) is 1. The van der Waals surface area contributed by atoms with Crippen molar-refractivity contribution in [3.63, 3.8) is 0 Å². The average molecular weight is 236 g/mol. The fraction of sp³-hybridized carbons (Fsp3) is 0.400. The van der Waals surface area contributed by atoms with Crippen molar-refractivity contribution in [2.75, 3.05) is 6.54 Å². The quantitative estimate of drug-likeness (QED) is 0.839. The molecule has 1 saturated carbocycles. The molecule has 1 nitrogen and oxygen atoms in total. The molecule has 1 fully saturated rings. The maximum absolute atomic E-state index is 12.7. The van der Waals surface area contributed by atoms with E-state index < -0.39 is 0 Å².